The average Bonchev–Trinajstić information content (AvgIpc) is 2.69. The highest BCUT2D eigenvalue weighted by molar-refractivity contribution is 8.00. The van der Waals surface area contributed by atoms with Gasteiger partial charge in [-0.15, -0.1) is 18.2 Å². The summed E-state index contributed by atoms with van der Waals surface area (Å²) in [6, 6.07) is 15.5. The second kappa shape index (κ2) is 9.70. The van der Waals surface area contributed by atoms with Gasteiger partial charge < -0.3 is 10.2 Å². The van der Waals surface area contributed by atoms with E-state index in [1.165, 1.54) is 17.4 Å². The van der Waals surface area contributed by atoms with Gasteiger partial charge in [0.1, 0.15) is 0 Å². The summed E-state index contributed by atoms with van der Waals surface area (Å²) in [6.07, 6.45) is 5.38. The lowest BCUT2D eigenvalue weighted by Crippen LogP contribution is -2.46. The van der Waals surface area contributed by atoms with Crippen LogP contribution in [-0.4, -0.2) is 49.3 Å². The number of rotatable bonds is 6. The molecular formula is C21H22ClN3OS. The summed E-state index contributed by atoms with van der Waals surface area (Å²) in [5.74, 6) is 3.04. The van der Waals surface area contributed by atoms with Crippen LogP contribution in [0.4, 0.5) is 11.4 Å². The van der Waals surface area contributed by atoms with Gasteiger partial charge in [-0.25, -0.2) is 0 Å². The van der Waals surface area contributed by atoms with E-state index in [2.05, 4.69) is 33.2 Å². The van der Waals surface area contributed by atoms with Crippen molar-refractivity contribution in [1.29, 1.82) is 0 Å². The molecular weight excluding hydrogens is 378 g/mol. The van der Waals surface area contributed by atoms with Crippen molar-refractivity contribution in [3.05, 3.63) is 53.6 Å². The highest BCUT2D eigenvalue weighted by Crippen LogP contribution is 2.22. The fraction of sp³-hybridized carbons (Fsp3) is 0.286. The Morgan fingerprint density at radius 2 is 1.74 bits per heavy atom. The van der Waals surface area contributed by atoms with Gasteiger partial charge in [0.2, 0.25) is 5.91 Å². The molecule has 140 valence electrons. The number of nitrogens with zero attached hydrogens (tertiary/aromatic N) is 2. The van der Waals surface area contributed by atoms with Crippen LogP contribution in [0.15, 0.2) is 53.4 Å². The molecule has 1 amide bonds. The maximum atomic E-state index is 12.1. The molecule has 1 fully saturated rings. The smallest absolute Gasteiger partial charge is 0.234 e. The molecule has 0 unspecified atom stereocenters. The number of anilines is 2. The number of thioether (sulfide) groups is 1. The first-order valence-electron chi connectivity index (χ1n) is 8.83. The Kier molecular flexibility index (Phi) is 7.05. The molecule has 0 spiro atoms. The van der Waals surface area contributed by atoms with E-state index in [0.29, 0.717) is 17.3 Å². The molecule has 1 aliphatic rings. The van der Waals surface area contributed by atoms with Crippen LogP contribution in [0, 0.1) is 12.3 Å². The molecule has 6 heteroatoms. The van der Waals surface area contributed by atoms with Crippen LogP contribution >= 0.6 is 23.4 Å². The van der Waals surface area contributed by atoms with Gasteiger partial charge in [0.25, 0.3) is 0 Å². The van der Waals surface area contributed by atoms with E-state index >= 15 is 0 Å². The Hall–Kier alpha value is -2.13. The van der Waals surface area contributed by atoms with Gasteiger partial charge in [0.15, 0.2) is 0 Å². The maximum Gasteiger partial charge on any atom is 0.234 e. The van der Waals surface area contributed by atoms with Crippen molar-refractivity contribution in [2.24, 2.45) is 0 Å². The third kappa shape index (κ3) is 5.93. The standard InChI is InChI=1S/C21H22ClN3OS/c1-2-11-24-12-14-25(15-13-24)19-7-5-18(6-8-19)23-21(26)16-27-20-9-3-17(22)4-10-20/h1,3-10H,11-16H2,(H,23,26). The van der Waals surface area contributed by atoms with Crippen LogP contribution in [0.25, 0.3) is 0 Å². The van der Waals surface area contributed by atoms with Crippen molar-refractivity contribution in [3.63, 3.8) is 0 Å². The van der Waals surface area contributed by atoms with Crippen molar-refractivity contribution in [3.8, 4) is 12.3 Å². The fourth-order valence-electron chi connectivity index (χ4n) is 2.93. The molecule has 1 aliphatic heterocycles. The zero-order valence-corrected chi connectivity index (χ0v) is 16.6. The molecule has 0 radical (unpaired) electrons. The number of piperazine rings is 1. The molecule has 0 bridgehead atoms. The number of benzene rings is 2. The third-order valence-corrected chi connectivity index (χ3v) is 5.65. The van der Waals surface area contributed by atoms with Gasteiger partial charge >= 0.3 is 0 Å². The lowest BCUT2D eigenvalue weighted by molar-refractivity contribution is -0.113. The molecule has 1 N–H and O–H groups in total. The first-order valence-corrected chi connectivity index (χ1v) is 10.2. The topological polar surface area (TPSA) is 35.6 Å². The van der Waals surface area contributed by atoms with Gasteiger partial charge in [0.05, 0.1) is 12.3 Å². The van der Waals surface area contributed by atoms with E-state index in [-0.39, 0.29) is 5.91 Å². The van der Waals surface area contributed by atoms with Gasteiger partial charge in [0, 0.05) is 47.5 Å². The second-order valence-electron chi connectivity index (χ2n) is 6.30. The highest BCUT2D eigenvalue weighted by Gasteiger charge is 2.16. The summed E-state index contributed by atoms with van der Waals surface area (Å²) < 4.78 is 0. The average molecular weight is 400 g/mol. The van der Waals surface area contributed by atoms with Crippen molar-refractivity contribution >= 4 is 40.6 Å². The normalized spacial score (nSPS) is 14.6. The van der Waals surface area contributed by atoms with Gasteiger partial charge in [-0.2, -0.15) is 0 Å². The van der Waals surface area contributed by atoms with Gasteiger partial charge in [-0.1, -0.05) is 17.5 Å². The van der Waals surface area contributed by atoms with E-state index in [1.54, 1.807) is 0 Å². The van der Waals surface area contributed by atoms with Crippen LogP contribution in [0.3, 0.4) is 0 Å². The molecule has 1 saturated heterocycles. The molecule has 2 aromatic rings. The molecule has 2 aromatic carbocycles. The minimum absolute atomic E-state index is 0.0226. The number of carbonyl (C=O) groups is 1. The monoisotopic (exact) mass is 399 g/mol. The number of hydrogen-bond acceptors (Lipinski definition) is 4. The van der Waals surface area contributed by atoms with E-state index in [4.69, 9.17) is 18.0 Å². The van der Waals surface area contributed by atoms with E-state index < -0.39 is 0 Å². The quantitative estimate of drug-likeness (QED) is 0.591. The zero-order chi connectivity index (χ0) is 19.1. The Labute approximate surface area is 169 Å². The van der Waals surface area contributed by atoms with Crippen molar-refractivity contribution < 1.29 is 4.79 Å². The van der Waals surface area contributed by atoms with Crippen molar-refractivity contribution in [2.75, 3.05) is 48.7 Å². The first kappa shape index (κ1) is 19.6. The van der Waals surface area contributed by atoms with Crippen LogP contribution in [0.1, 0.15) is 0 Å². The fourth-order valence-corrected chi connectivity index (χ4v) is 3.75. The molecule has 27 heavy (non-hydrogen) atoms. The van der Waals surface area contributed by atoms with Crippen LogP contribution in [-0.2, 0) is 4.79 Å². The predicted molar refractivity (Wildman–Crippen MR) is 115 cm³/mol. The van der Waals surface area contributed by atoms with Crippen LogP contribution in [0.2, 0.25) is 5.02 Å². The summed E-state index contributed by atoms with van der Waals surface area (Å²) in [5, 5.41) is 3.64. The summed E-state index contributed by atoms with van der Waals surface area (Å²) in [5.41, 5.74) is 1.98. The highest BCUT2D eigenvalue weighted by atomic mass is 35.5. The zero-order valence-electron chi connectivity index (χ0n) is 15.0. The molecule has 4 nitrogen and oxygen atoms in total. The molecule has 0 aromatic heterocycles. The number of terminal acetylenes is 1. The summed E-state index contributed by atoms with van der Waals surface area (Å²) >= 11 is 7.36. The molecule has 1 heterocycles. The lowest BCUT2D eigenvalue weighted by Gasteiger charge is -2.35. The maximum absolute atomic E-state index is 12.1. The number of nitrogens with one attached hydrogen (secondary N) is 1. The summed E-state index contributed by atoms with van der Waals surface area (Å²) in [4.78, 5) is 17.8. The second-order valence-corrected chi connectivity index (χ2v) is 7.79. The largest absolute Gasteiger partial charge is 0.369 e. The Morgan fingerprint density at radius 3 is 2.37 bits per heavy atom. The number of halogens is 1. The minimum Gasteiger partial charge on any atom is -0.369 e. The molecule has 0 saturated carbocycles. The first-order chi connectivity index (χ1) is 13.1. The van der Waals surface area contributed by atoms with E-state index in [0.717, 1.165) is 36.8 Å². The van der Waals surface area contributed by atoms with Crippen LogP contribution < -0.4 is 10.2 Å². The van der Waals surface area contributed by atoms with Crippen LogP contribution in [0.5, 0.6) is 0 Å². The third-order valence-electron chi connectivity index (χ3n) is 4.39. The number of hydrogen-bond donors (Lipinski definition) is 1. The number of amides is 1. The SMILES string of the molecule is C#CCN1CCN(c2ccc(NC(=O)CSc3ccc(Cl)cc3)cc2)CC1. The Morgan fingerprint density at radius 1 is 1.07 bits per heavy atom. The predicted octanol–water partition coefficient (Wildman–Crippen LogP) is 3.83. The molecule has 3 rings (SSSR count). The number of carbonyl (C=O) groups excluding carboxylic acids is 1. The van der Waals surface area contributed by atoms with E-state index in [1.807, 2.05) is 36.4 Å². The Bertz CT molecular complexity index is 794. The lowest BCUT2D eigenvalue weighted by atomic mass is 10.2. The summed E-state index contributed by atoms with van der Waals surface area (Å²) in [6.45, 7) is 4.60. The van der Waals surface area contributed by atoms with Gasteiger partial charge in [-0.3, -0.25) is 9.69 Å². The minimum atomic E-state index is -0.0226. The van der Waals surface area contributed by atoms with Gasteiger partial charge in [-0.05, 0) is 48.5 Å². The molecule has 0 aliphatic carbocycles. The van der Waals surface area contributed by atoms with E-state index in [9.17, 15) is 4.79 Å². The molecule has 0 atom stereocenters. The van der Waals surface area contributed by atoms with Crippen molar-refractivity contribution in [1.82, 2.24) is 4.90 Å². The summed E-state index contributed by atoms with van der Waals surface area (Å²) in [7, 11) is 0. The van der Waals surface area contributed by atoms with Crippen molar-refractivity contribution in [2.45, 2.75) is 4.90 Å². The Balaban J connectivity index is 1.46.